The van der Waals surface area contributed by atoms with E-state index in [0.717, 1.165) is 23.0 Å². The Labute approximate surface area is 168 Å². The Balaban J connectivity index is 1.62. The van der Waals surface area contributed by atoms with Gasteiger partial charge in [0.15, 0.2) is 0 Å². The molecule has 142 valence electrons. The van der Waals surface area contributed by atoms with Gasteiger partial charge in [-0.25, -0.2) is 4.98 Å². The van der Waals surface area contributed by atoms with Crippen molar-refractivity contribution in [3.63, 3.8) is 0 Å². The van der Waals surface area contributed by atoms with Gasteiger partial charge in [-0.05, 0) is 43.2 Å². The van der Waals surface area contributed by atoms with E-state index in [-0.39, 0.29) is 5.56 Å². The van der Waals surface area contributed by atoms with Crippen molar-refractivity contribution >= 4 is 21.8 Å². The molecule has 1 N–H and O–H groups in total. The van der Waals surface area contributed by atoms with Crippen LogP contribution in [0.3, 0.4) is 0 Å². The molecular formula is C25H21N3O. The second kappa shape index (κ2) is 7.06. The van der Waals surface area contributed by atoms with Gasteiger partial charge in [-0.1, -0.05) is 54.1 Å². The lowest BCUT2D eigenvalue weighted by atomic mass is 10.1. The molecule has 0 radical (unpaired) electrons. The third-order valence-electron chi connectivity index (χ3n) is 5.42. The van der Waals surface area contributed by atoms with E-state index in [0.29, 0.717) is 17.8 Å². The van der Waals surface area contributed by atoms with Gasteiger partial charge in [-0.2, -0.15) is 0 Å². The molecule has 5 rings (SSSR count). The molecule has 4 nitrogen and oxygen atoms in total. The van der Waals surface area contributed by atoms with Crippen molar-refractivity contribution in [2.24, 2.45) is 0 Å². The second-order valence-electron chi connectivity index (χ2n) is 7.39. The van der Waals surface area contributed by atoms with Crippen molar-refractivity contribution in [3.8, 4) is 11.4 Å². The Bertz CT molecular complexity index is 1380. The van der Waals surface area contributed by atoms with Crippen LogP contribution in [0.25, 0.3) is 33.2 Å². The van der Waals surface area contributed by atoms with E-state index in [1.807, 2.05) is 65.4 Å². The van der Waals surface area contributed by atoms with E-state index in [1.54, 1.807) is 0 Å². The normalized spacial score (nSPS) is 11.3. The molecule has 2 heterocycles. The summed E-state index contributed by atoms with van der Waals surface area (Å²) in [7, 11) is 0. The van der Waals surface area contributed by atoms with Gasteiger partial charge in [-0.15, -0.1) is 0 Å². The van der Waals surface area contributed by atoms with E-state index >= 15 is 0 Å². The molecule has 0 amide bonds. The monoisotopic (exact) mass is 379 g/mol. The maximum atomic E-state index is 13.3. The second-order valence-corrected chi connectivity index (χ2v) is 7.39. The highest BCUT2D eigenvalue weighted by molar-refractivity contribution is 5.84. The van der Waals surface area contributed by atoms with Gasteiger partial charge in [0.2, 0.25) is 0 Å². The van der Waals surface area contributed by atoms with Crippen LogP contribution in [0.5, 0.6) is 0 Å². The lowest BCUT2D eigenvalue weighted by Gasteiger charge is -2.13. The lowest BCUT2D eigenvalue weighted by Crippen LogP contribution is -2.24. The van der Waals surface area contributed by atoms with Gasteiger partial charge in [0.1, 0.15) is 5.82 Å². The van der Waals surface area contributed by atoms with Gasteiger partial charge < -0.3 is 4.98 Å². The summed E-state index contributed by atoms with van der Waals surface area (Å²) in [5.41, 5.74) is 5.25. The fourth-order valence-corrected chi connectivity index (χ4v) is 3.91. The molecule has 0 bridgehead atoms. The predicted octanol–water partition coefficient (Wildman–Crippen LogP) is 5.10. The zero-order chi connectivity index (χ0) is 19.8. The quantitative estimate of drug-likeness (QED) is 0.472. The third-order valence-corrected chi connectivity index (χ3v) is 5.42. The molecule has 2 aromatic heterocycles. The van der Waals surface area contributed by atoms with Crippen LogP contribution in [0.4, 0.5) is 0 Å². The van der Waals surface area contributed by atoms with Crippen molar-refractivity contribution < 1.29 is 0 Å². The van der Waals surface area contributed by atoms with Crippen LogP contribution in [0.1, 0.15) is 11.1 Å². The number of nitrogens with one attached hydrogen (secondary N) is 1. The number of benzene rings is 3. The Morgan fingerprint density at radius 1 is 0.931 bits per heavy atom. The van der Waals surface area contributed by atoms with Crippen molar-refractivity contribution in [2.45, 2.75) is 19.9 Å². The van der Waals surface area contributed by atoms with Crippen LogP contribution in [0, 0.1) is 6.92 Å². The standard InChI is InChI=1S/C25H21N3O/c1-17-11-12-22-21(15-17)19(16-26-22)13-14-28-24(18-7-3-2-4-8-18)27-23-10-6-5-9-20(23)25(28)29/h2-12,15-16,26H,13-14H2,1H3. The molecule has 0 saturated heterocycles. The van der Waals surface area contributed by atoms with E-state index in [1.165, 1.54) is 16.5 Å². The van der Waals surface area contributed by atoms with Crippen molar-refractivity contribution in [2.75, 3.05) is 0 Å². The molecule has 0 unspecified atom stereocenters. The van der Waals surface area contributed by atoms with E-state index in [9.17, 15) is 4.79 Å². The zero-order valence-corrected chi connectivity index (χ0v) is 16.2. The molecule has 0 aliphatic heterocycles. The first-order valence-electron chi connectivity index (χ1n) is 9.82. The molecule has 0 fully saturated rings. The maximum absolute atomic E-state index is 13.3. The van der Waals surface area contributed by atoms with Crippen molar-refractivity contribution in [1.29, 1.82) is 0 Å². The first-order chi connectivity index (χ1) is 14.2. The van der Waals surface area contributed by atoms with E-state index < -0.39 is 0 Å². The minimum Gasteiger partial charge on any atom is -0.361 e. The molecule has 0 spiro atoms. The van der Waals surface area contributed by atoms with Crippen molar-refractivity contribution in [1.82, 2.24) is 14.5 Å². The molecule has 29 heavy (non-hydrogen) atoms. The van der Waals surface area contributed by atoms with E-state index in [4.69, 9.17) is 4.98 Å². The predicted molar refractivity (Wildman–Crippen MR) is 118 cm³/mol. The summed E-state index contributed by atoms with van der Waals surface area (Å²) < 4.78 is 1.81. The SMILES string of the molecule is Cc1ccc2[nH]cc(CCn3c(-c4ccccc4)nc4ccccc4c3=O)c2c1. The maximum Gasteiger partial charge on any atom is 0.261 e. The van der Waals surface area contributed by atoms with Gasteiger partial charge in [0.05, 0.1) is 10.9 Å². The average molecular weight is 379 g/mol. The zero-order valence-electron chi connectivity index (χ0n) is 16.2. The molecule has 4 heteroatoms. The highest BCUT2D eigenvalue weighted by Crippen LogP contribution is 2.22. The number of hydrogen-bond donors (Lipinski definition) is 1. The highest BCUT2D eigenvalue weighted by Gasteiger charge is 2.13. The fourth-order valence-electron chi connectivity index (χ4n) is 3.91. The summed E-state index contributed by atoms with van der Waals surface area (Å²) in [5, 5.41) is 1.87. The minimum absolute atomic E-state index is 0.00507. The van der Waals surface area contributed by atoms with Crippen LogP contribution >= 0.6 is 0 Å². The molecule has 0 atom stereocenters. The number of H-pyrrole nitrogens is 1. The first-order valence-corrected chi connectivity index (χ1v) is 9.82. The summed E-state index contributed by atoms with van der Waals surface area (Å²) in [6, 6.07) is 23.9. The summed E-state index contributed by atoms with van der Waals surface area (Å²) >= 11 is 0. The number of para-hydroxylation sites is 1. The molecule has 3 aromatic carbocycles. The van der Waals surface area contributed by atoms with Crippen LogP contribution in [0.15, 0.2) is 83.8 Å². The number of aromatic amines is 1. The van der Waals surface area contributed by atoms with Gasteiger partial charge in [0.25, 0.3) is 5.56 Å². The number of fused-ring (bicyclic) bond motifs is 2. The summed E-state index contributed by atoms with van der Waals surface area (Å²) in [4.78, 5) is 21.5. The third kappa shape index (κ3) is 3.13. The molecular weight excluding hydrogens is 358 g/mol. The number of rotatable bonds is 4. The van der Waals surface area contributed by atoms with Gasteiger partial charge in [0, 0.05) is 29.2 Å². The summed E-state index contributed by atoms with van der Waals surface area (Å²) in [6.07, 6.45) is 2.80. The van der Waals surface area contributed by atoms with Crippen LogP contribution in [-0.2, 0) is 13.0 Å². The highest BCUT2D eigenvalue weighted by atomic mass is 16.1. The Morgan fingerprint density at radius 3 is 2.59 bits per heavy atom. The Morgan fingerprint density at radius 2 is 1.72 bits per heavy atom. The van der Waals surface area contributed by atoms with Gasteiger partial charge >= 0.3 is 0 Å². The molecule has 0 aliphatic carbocycles. The van der Waals surface area contributed by atoms with Gasteiger partial charge in [-0.3, -0.25) is 9.36 Å². The number of nitrogens with zero attached hydrogens (tertiary/aromatic N) is 2. The molecule has 5 aromatic rings. The lowest BCUT2D eigenvalue weighted by molar-refractivity contribution is 0.673. The number of aryl methyl sites for hydroxylation is 2. The van der Waals surface area contributed by atoms with E-state index in [2.05, 4.69) is 30.1 Å². The average Bonchev–Trinajstić information content (AvgIpc) is 3.15. The molecule has 0 saturated carbocycles. The van der Waals surface area contributed by atoms with Crippen LogP contribution in [-0.4, -0.2) is 14.5 Å². The van der Waals surface area contributed by atoms with Crippen LogP contribution < -0.4 is 5.56 Å². The van der Waals surface area contributed by atoms with Crippen molar-refractivity contribution in [3.05, 3.63) is 100 Å². The smallest absolute Gasteiger partial charge is 0.261 e. The van der Waals surface area contributed by atoms with Crippen LogP contribution in [0.2, 0.25) is 0 Å². The fraction of sp³-hybridized carbons (Fsp3) is 0.120. The number of aromatic nitrogens is 3. The summed E-state index contributed by atoms with van der Waals surface area (Å²) in [6.45, 7) is 2.67. The minimum atomic E-state index is 0.00507. The largest absolute Gasteiger partial charge is 0.361 e. The summed E-state index contributed by atoms with van der Waals surface area (Å²) in [5.74, 6) is 0.713. The Kier molecular flexibility index (Phi) is 4.24. The molecule has 0 aliphatic rings. The number of hydrogen-bond acceptors (Lipinski definition) is 2. The topological polar surface area (TPSA) is 50.7 Å². The first kappa shape index (κ1) is 17.4. The Hall–Kier alpha value is -3.66.